The van der Waals surface area contributed by atoms with Crippen LogP contribution >= 0.6 is 15.9 Å². The third-order valence-electron chi connectivity index (χ3n) is 4.53. The highest BCUT2D eigenvalue weighted by Crippen LogP contribution is 2.24. The molecule has 0 unspecified atom stereocenters. The van der Waals surface area contributed by atoms with Gasteiger partial charge in [-0.3, -0.25) is 9.69 Å². The number of piperidine rings is 1. The van der Waals surface area contributed by atoms with Gasteiger partial charge in [-0.1, -0.05) is 22.0 Å². The van der Waals surface area contributed by atoms with Crippen molar-refractivity contribution in [3.05, 3.63) is 57.9 Å². The summed E-state index contributed by atoms with van der Waals surface area (Å²) in [5, 5.41) is 2.91. The van der Waals surface area contributed by atoms with Gasteiger partial charge in [0.05, 0.1) is 0 Å². The molecule has 2 aromatic rings. The van der Waals surface area contributed by atoms with E-state index >= 15 is 0 Å². The van der Waals surface area contributed by atoms with Crippen LogP contribution in [0.2, 0.25) is 0 Å². The van der Waals surface area contributed by atoms with Crippen LogP contribution in [0.25, 0.3) is 0 Å². The monoisotopic (exact) mass is 405 g/mol. The minimum absolute atomic E-state index is 0.00946. The first-order valence-electron chi connectivity index (χ1n) is 8.41. The van der Waals surface area contributed by atoms with Crippen LogP contribution in [0.1, 0.15) is 24.0 Å². The zero-order chi connectivity index (χ0) is 17.8. The van der Waals surface area contributed by atoms with Crippen LogP contribution in [0, 0.1) is 18.7 Å². The van der Waals surface area contributed by atoms with Gasteiger partial charge in [0.2, 0.25) is 5.91 Å². The lowest BCUT2D eigenvalue weighted by Crippen LogP contribution is -2.37. The molecule has 6 heteroatoms. The minimum Gasteiger partial charge on any atom is -0.310 e. The van der Waals surface area contributed by atoms with Crippen molar-refractivity contribution in [1.29, 1.82) is 0 Å². The fraction of sp³-hybridized carbons (Fsp3) is 0.368. The zero-order valence-electron chi connectivity index (χ0n) is 14.1. The molecule has 1 N–H and O–H groups in total. The number of nitrogens with one attached hydrogen (secondary N) is 1. The molecule has 1 amide bonds. The third kappa shape index (κ3) is 4.86. The number of hydrogen-bond donors (Lipinski definition) is 1. The summed E-state index contributed by atoms with van der Waals surface area (Å²) in [6, 6.07) is 8.56. The van der Waals surface area contributed by atoms with Gasteiger partial charge in [-0.15, -0.1) is 0 Å². The summed E-state index contributed by atoms with van der Waals surface area (Å²) >= 11 is 3.41. The number of carbonyl (C=O) groups excluding carboxylic acids is 1. The maximum atomic E-state index is 13.2. The lowest BCUT2D eigenvalue weighted by atomic mass is 9.95. The molecule has 3 rings (SSSR count). The van der Waals surface area contributed by atoms with Crippen LogP contribution in [0.15, 0.2) is 41.0 Å². The molecule has 1 fully saturated rings. The standard InChI is InChI=1S/C19H21BrFN3O/c1-13-4-7-22-18(10-13)23-19(25)14-5-8-24(9-6-14)12-15-2-3-16(21)11-17(15)20/h2-4,7,10-11,14H,5-6,8-9,12H2,1H3,(H,22,23,25). The van der Waals surface area contributed by atoms with Gasteiger partial charge < -0.3 is 5.32 Å². The highest BCUT2D eigenvalue weighted by atomic mass is 79.9. The second-order valence-electron chi connectivity index (χ2n) is 6.49. The Morgan fingerprint density at radius 1 is 1.32 bits per heavy atom. The lowest BCUT2D eigenvalue weighted by Gasteiger charge is -2.31. The second kappa shape index (κ2) is 8.06. The van der Waals surface area contributed by atoms with Crippen LogP contribution in [0.3, 0.4) is 0 Å². The summed E-state index contributed by atoms with van der Waals surface area (Å²) in [5.74, 6) is 0.425. The Hall–Kier alpha value is -1.79. The highest BCUT2D eigenvalue weighted by Gasteiger charge is 2.25. The summed E-state index contributed by atoms with van der Waals surface area (Å²) in [6.07, 6.45) is 3.33. The molecule has 0 radical (unpaired) electrons. The molecule has 0 atom stereocenters. The van der Waals surface area contributed by atoms with E-state index < -0.39 is 0 Å². The molecule has 25 heavy (non-hydrogen) atoms. The second-order valence-corrected chi connectivity index (χ2v) is 7.35. The van der Waals surface area contributed by atoms with E-state index in [1.807, 2.05) is 25.1 Å². The third-order valence-corrected chi connectivity index (χ3v) is 5.27. The van der Waals surface area contributed by atoms with Crippen molar-refractivity contribution in [1.82, 2.24) is 9.88 Å². The Balaban J connectivity index is 1.52. The molecular formula is C19H21BrFN3O. The molecule has 1 aromatic carbocycles. The van der Waals surface area contributed by atoms with Crippen molar-refractivity contribution in [3.63, 3.8) is 0 Å². The van der Waals surface area contributed by atoms with Crippen molar-refractivity contribution < 1.29 is 9.18 Å². The number of amides is 1. The number of pyridine rings is 1. The average molecular weight is 406 g/mol. The Morgan fingerprint density at radius 2 is 2.08 bits per heavy atom. The fourth-order valence-electron chi connectivity index (χ4n) is 3.08. The first-order chi connectivity index (χ1) is 12.0. The Bertz CT molecular complexity index is 760. The topological polar surface area (TPSA) is 45.2 Å². The molecule has 0 aliphatic carbocycles. The summed E-state index contributed by atoms with van der Waals surface area (Å²) in [6.45, 7) is 4.43. The molecule has 1 saturated heterocycles. The highest BCUT2D eigenvalue weighted by molar-refractivity contribution is 9.10. The zero-order valence-corrected chi connectivity index (χ0v) is 15.7. The van der Waals surface area contributed by atoms with Crippen molar-refractivity contribution in [2.75, 3.05) is 18.4 Å². The molecule has 0 saturated carbocycles. The number of aryl methyl sites for hydroxylation is 1. The number of halogens is 2. The minimum atomic E-state index is -0.240. The van der Waals surface area contributed by atoms with Crippen molar-refractivity contribution in [3.8, 4) is 0 Å². The van der Waals surface area contributed by atoms with Gasteiger partial charge >= 0.3 is 0 Å². The number of hydrogen-bond acceptors (Lipinski definition) is 3. The summed E-state index contributed by atoms with van der Waals surface area (Å²) in [5.41, 5.74) is 2.14. The van der Waals surface area contributed by atoms with Gasteiger partial charge in [0, 0.05) is 23.1 Å². The molecule has 132 valence electrons. The number of aromatic nitrogens is 1. The summed E-state index contributed by atoms with van der Waals surface area (Å²) in [7, 11) is 0. The van der Waals surface area contributed by atoms with Crippen molar-refractivity contribution in [2.24, 2.45) is 5.92 Å². The van der Waals surface area contributed by atoms with Crippen molar-refractivity contribution in [2.45, 2.75) is 26.3 Å². The van der Waals surface area contributed by atoms with E-state index in [4.69, 9.17) is 0 Å². The van der Waals surface area contributed by atoms with Crippen molar-refractivity contribution >= 4 is 27.7 Å². The average Bonchev–Trinajstić information content (AvgIpc) is 2.58. The molecule has 1 aromatic heterocycles. The maximum absolute atomic E-state index is 13.2. The quantitative estimate of drug-likeness (QED) is 0.830. The summed E-state index contributed by atoms with van der Waals surface area (Å²) < 4.78 is 14.0. The van der Waals surface area contributed by atoms with E-state index in [0.29, 0.717) is 5.82 Å². The normalized spacial score (nSPS) is 16.0. The van der Waals surface area contributed by atoms with Crippen LogP contribution < -0.4 is 5.32 Å². The molecule has 2 heterocycles. The van der Waals surface area contributed by atoms with Crippen LogP contribution in [0.5, 0.6) is 0 Å². The first kappa shape index (κ1) is 18.0. The van der Waals surface area contributed by atoms with Gasteiger partial charge in [0.15, 0.2) is 0 Å². The molecular weight excluding hydrogens is 385 g/mol. The lowest BCUT2D eigenvalue weighted by molar-refractivity contribution is -0.121. The number of nitrogens with zero attached hydrogens (tertiary/aromatic N) is 2. The number of rotatable bonds is 4. The number of likely N-dealkylation sites (tertiary alicyclic amines) is 1. The maximum Gasteiger partial charge on any atom is 0.228 e. The molecule has 1 aliphatic rings. The van der Waals surface area contributed by atoms with Crippen LogP contribution in [-0.4, -0.2) is 28.9 Å². The van der Waals surface area contributed by atoms with Crippen LogP contribution in [0.4, 0.5) is 10.2 Å². The summed E-state index contributed by atoms with van der Waals surface area (Å²) in [4.78, 5) is 18.9. The Labute approximate surface area is 155 Å². The smallest absolute Gasteiger partial charge is 0.228 e. The van der Waals surface area contributed by atoms with E-state index in [1.165, 1.54) is 12.1 Å². The first-order valence-corrected chi connectivity index (χ1v) is 9.20. The fourth-order valence-corrected chi connectivity index (χ4v) is 3.55. The van der Waals surface area contributed by atoms with E-state index in [2.05, 4.69) is 31.1 Å². The predicted octanol–water partition coefficient (Wildman–Crippen LogP) is 4.14. The van der Waals surface area contributed by atoms with Crippen LogP contribution in [-0.2, 0) is 11.3 Å². The van der Waals surface area contributed by atoms with Gasteiger partial charge in [-0.2, -0.15) is 0 Å². The largest absolute Gasteiger partial charge is 0.310 e. The van der Waals surface area contributed by atoms with Gasteiger partial charge in [0.1, 0.15) is 11.6 Å². The number of benzene rings is 1. The van der Waals surface area contributed by atoms with Gasteiger partial charge in [0.25, 0.3) is 0 Å². The number of carbonyl (C=O) groups is 1. The number of anilines is 1. The molecule has 0 spiro atoms. The van der Waals surface area contributed by atoms with E-state index in [9.17, 15) is 9.18 Å². The Kier molecular flexibility index (Phi) is 5.81. The molecule has 1 aliphatic heterocycles. The molecule has 4 nitrogen and oxygen atoms in total. The van der Waals surface area contributed by atoms with E-state index in [-0.39, 0.29) is 17.6 Å². The predicted molar refractivity (Wildman–Crippen MR) is 99.7 cm³/mol. The van der Waals surface area contributed by atoms with Gasteiger partial charge in [-0.25, -0.2) is 9.37 Å². The Morgan fingerprint density at radius 3 is 2.76 bits per heavy atom. The van der Waals surface area contributed by atoms with E-state index in [1.54, 1.807) is 6.20 Å². The van der Waals surface area contributed by atoms with Gasteiger partial charge in [-0.05, 0) is 68.2 Å². The molecule has 0 bridgehead atoms. The SMILES string of the molecule is Cc1ccnc(NC(=O)C2CCN(Cc3ccc(F)cc3Br)CC2)c1. The van der Waals surface area contributed by atoms with E-state index in [0.717, 1.165) is 48.1 Å².